The van der Waals surface area contributed by atoms with Crippen LogP contribution in [0.3, 0.4) is 0 Å². The minimum Gasteiger partial charge on any atom is -0.330 e. The molecular weight excluding hydrogens is 362 g/mol. The monoisotopic (exact) mass is 381 g/mol. The van der Waals surface area contributed by atoms with Crippen molar-refractivity contribution in [1.29, 1.82) is 0 Å². The van der Waals surface area contributed by atoms with E-state index in [4.69, 9.17) is 5.73 Å². The smallest absolute Gasteiger partial charge is 0.282 e. The molecule has 0 aromatic carbocycles. The standard InChI is InChI=1S/C12H20BrN3O2S2/c1-15(7-11-5-12(13)19-9-11)20(17,18)16-4-2-3-10(6-14)8-16/h5,9-10H,2-4,6-8,14H2,1H3. The van der Waals surface area contributed by atoms with E-state index in [1.54, 1.807) is 22.7 Å². The summed E-state index contributed by atoms with van der Waals surface area (Å²) in [4.78, 5) is 0. The van der Waals surface area contributed by atoms with E-state index in [1.165, 1.54) is 4.31 Å². The molecule has 0 aliphatic carbocycles. The summed E-state index contributed by atoms with van der Waals surface area (Å²) in [6.07, 6.45) is 1.91. The molecule has 2 heterocycles. The molecule has 1 aromatic rings. The molecule has 20 heavy (non-hydrogen) atoms. The fraction of sp³-hybridized carbons (Fsp3) is 0.667. The van der Waals surface area contributed by atoms with E-state index < -0.39 is 10.2 Å². The Kier molecular flexibility index (Phi) is 5.61. The van der Waals surface area contributed by atoms with Gasteiger partial charge in [-0.15, -0.1) is 11.3 Å². The van der Waals surface area contributed by atoms with Gasteiger partial charge in [0.1, 0.15) is 0 Å². The Balaban J connectivity index is 2.05. The molecule has 1 fully saturated rings. The van der Waals surface area contributed by atoms with E-state index >= 15 is 0 Å². The molecule has 2 N–H and O–H groups in total. The van der Waals surface area contributed by atoms with Crippen molar-refractivity contribution in [3.63, 3.8) is 0 Å². The van der Waals surface area contributed by atoms with Crippen LogP contribution in [0.2, 0.25) is 0 Å². The molecule has 2 rings (SSSR count). The van der Waals surface area contributed by atoms with Gasteiger partial charge in [0.2, 0.25) is 0 Å². The molecule has 1 unspecified atom stereocenters. The molecule has 0 amide bonds. The summed E-state index contributed by atoms with van der Waals surface area (Å²) in [5.74, 6) is 0.280. The van der Waals surface area contributed by atoms with Crippen LogP contribution in [0, 0.1) is 5.92 Å². The molecule has 0 spiro atoms. The molecule has 1 aliphatic rings. The van der Waals surface area contributed by atoms with Gasteiger partial charge < -0.3 is 5.73 Å². The van der Waals surface area contributed by atoms with E-state index in [2.05, 4.69) is 15.9 Å². The van der Waals surface area contributed by atoms with E-state index in [0.717, 1.165) is 22.2 Å². The summed E-state index contributed by atoms with van der Waals surface area (Å²) in [6.45, 7) is 2.08. The molecule has 1 aromatic heterocycles. The SMILES string of the molecule is CN(Cc1csc(Br)c1)S(=O)(=O)N1CCCC(CN)C1. The molecule has 1 saturated heterocycles. The third kappa shape index (κ3) is 3.80. The average Bonchev–Trinajstić information content (AvgIpc) is 2.84. The highest BCUT2D eigenvalue weighted by atomic mass is 79.9. The lowest BCUT2D eigenvalue weighted by Gasteiger charge is -2.33. The van der Waals surface area contributed by atoms with Crippen molar-refractivity contribution >= 4 is 37.5 Å². The quantitative estimate of drug-likeness (QED) is 0.845. The first kappa shape index (κ1) is 16.4. The van der Waals surface area contributed by atoms with Gasteiger partial charge in [-0.2, -0.15) is 17.0 Å². The predicted molar refractivity (Wildman–Crippen MR) is 85.8 cm³/mol. The van der Waals surface area contributed by atoms with Crippen molar-refractivity contribution in [3.05, 3.63) is 20.8 Å². The molecule has 1 aliphatic heterocycles. The van der Waals surface area contributed by atoms with Crippen molar-refractivity contribution in [1.82, 2.24) is 8.61 Å². The molecule has 5 nitrogen and oxygen atoms in total. The normalized spacial score (nSPS) is 21.5. The van der Waals surface area contributed by atoms with Crippen molar-refractivity contribution in [2.75, 3.05) is 26.7 Å². The van der Waals surface area contributed by atoms with Crippen LogP contribution in [0.4, 0.5) is 0 Å². The van der Waals surface area contributed by atoms with Crippen molar-refractivity contribution in [2.24, 2.45) is 11.7 Å². The Morgan fingerprint density at radius 2 is 2.35 bits per heavy atom. The summed E-state index contributed by atoms with van der Waals surface area (Å²) in [7, 11) is -1.76. The number of hydrogen-bond acceptors (Lipinski definition) is 4. The van der Waals surface area contributed by atoms with E-state index in [1.807, 2.05) is 11.4 Å². The molecule has 0 bridgehead atoms. The van der Waals surface area contributed by atoms with Crippen LogP contribution in [0.5, 0.6) is 0 Å². The van der Waals surface area contributed by atoms with Gasteiger partial charge in [-0.05, 0) is 58.2 Å². The largest absolute Gasteiger partial charge is 0.330 e. The van der Waals surface area contributed by atoms with E-state index in [9.17, 15) is 8.42 Å². The topological polar surface area (TPSA) is 66.6 Å². The molecule has 1 atom stereocenters. The maximum absolute atomic E-state index is 12.6. The Morgan fingerprint density at radius 3 is 2.95 bits per heavy atom. The van der Waals surface area contributed by atoms with Crippen LogP contribution in [0.1, 0.15) is 18.4 Å². The molecular formula is C12H20BrN3O2S2. The third-order valence-corrected chi connectivity index (χ3v) is 7.02. The van der Waals surface area contributed by atoms with Crippen LogP contribution < -0.4 is 5.73 Å². The van der Waals surface area contributed by atoms with Gasteiger partial charge in [0.25, 0.3) is 10.2 Å². The zero-order valence-electron chi connectivity index (χ0n) is 11.5. The maximum atomic E-state index is 12.6. The number of piperidine rings is 1. The van der Waals surface area contributed by atoms with Gasteiger partial charge in [0.15, 0.2) is 0 Å². The van der Waals surface area contributed by atoms with Gasteiger partial charge in [0.05, 0.1) is 3.79 Å². The Labute approximate surface area is 133 Å². The number of nitrogens with two attached hydrogens (primary N) is 1. The molecule has 0 radical (unpaired) electrons. The first-order chi connectivity index (χ1) is 9.43. The molecule has 0 saturated carbocycles. The van der Waals surface area contributed by atoms with Gasteiger partial charge in [0, 0.05) is 26.7 Å². The highest BCUT2D eigenvalue weighted by Crippen LogP contribution is 2.24. The number of hydrogen-bond donors (Lipinski definition) is 1. The highest BCUT2D eigenvalue weighted by Gasteiger charge is 2.31. The first-order valence-electron chi connectivity index (χ1n) is 6.58. The van der Waals surface area contributed by atoms with Crippen molar-refractivity contribution in [2.45, 2.75) is 19.4 Å². The summed E-state index contributed by atoms with van der Waals surface area (Å²) in [6, 6.07) is 1.95. The van der Waals surface area contributed by atoms with Crippen LogP contribution in [-0.4, -0.2) is 43.7 Å². The lowest BCUT2D eigenvalue weighted by atomic mass is 10.0. The highest BCUT2D eigenvalue weighted by molar-refractivity contribution is 9.11. The molecule has 8 heteroatoms. The number of thiophene rings is 1. The van der Waals surface area contributed by atoms with Gasteiger partial charge in [-0.1, -0.05) is 0 Å². The van der Waals surface area contributed by atoms with E-state index in [-0.39, 0.29) is 5.92 Å². The fourth-order valence-electron chi connectivity index (χ4n) is 2.39. The van der Waals surface area contributed by atoms with Crippen LogP contribution in [-0.2, 0) is 16.8 Å². The summed E-state index contributed by atoms with van der Waals surface area (Å²) >= 11 is 4.95. The van der Waals surface area contributed by atoms with Crippen LogP contribution in [0.25, 0.3) is 0 Å². The summed E-state index contributed by atoms with van der Waals surface area (Å²) < 4.78 is 29.1. The minimum absolute atomic E-state index is 0.280. The number of halogens is 1. The minimum atomic E-state index is -3.39. The van der Waals surface area contributed by atoms with E-state index in [0.29, 0.717) is 26.2 Å². The Morgan fingerprint density at radius 1 is 1.60 bits per heavy atom. The number of rotatable bonds is 5. The second-order valence-corrected chi connectivity index (χ2v) is 9.45. The second kappa shape index (κ2) is 6.85. The number of nitrogens with zero attached hydrogens (tertiary/aromatic N) is 2. The summed E-state index contributed by atoms with van der Waals surface area (Å²) in [5, 5.41) is 1.97. The Bertz CT molecular complexity index is 547. The lowest BCUT2D eigenvalue weighted by molar-refractivity contribution is 0.255. The third-order valence-electron chi connectivity index (χ3n) is 3.56. The molecule has 114 valence electrons. The fourth-order valence-corrected chi connectivity index (χ4v) is 5.06. The van der Waals surface area contributed by atoms with Crippen LogP contribution >= 0.6 is 27.3 Å². The zero-order chi connectivity index (χ0) is 14.8. The first-order valence-corrected chi connectivity index (χ1v) is 9.65. The zero-order valence-corrected chi connectivity index (χ0v) is 14.7. The predicted octanol–water partition coefficient (Wildman–Crippen LogP) is 1.86. The van der Waals surface area contributed by atoms with Crippen molar-refractivity contribution < 1.29 is 8.42 Å². The lowest BCUT2D eigenvalue weighted by Crippen LogP contribution is -2.47. The summed E-state index contributed by atoms with van der Waals surface area (Å²) in [5.41, 5.74) is 6.67. The van der Waals surface area contributed by atoms with Gasteiger partial charge in [-0.25, -0.2) is 0 Å². The second-order valence-electron chi connectivity index (χ2n) is 5.12. The van der Waals surface area contributed by atoms with Crippen LogP contribution in [0.15, 0.2) is 15.2 Å². The van der Waals surface area contributed by atoms with Crippen molar-refractivity contribution in [3.8, 4) is 0 Å². The van der Waals surface area contributed by atoms with Gasteiger partial charge >= 0.3 is 0 Å². The Hall–Kier alpha value is 0.01000. The average molecular weight is 382 g/mol. The maximum Gasteiger partial charge on any atom is 0.282 e. The van der Waals surface area contributed by atoms with Gasteiger partial charge in [-0.3, -0.25) is 0 Å².